The molecule has 2 N–H and O–H groups in total. The van der Waals surface area contributed by atoms with E-state index in [1.165, 1.54) is 24.3 Å². The lowest BCUT2D eigenvalue weighted by molar-refractivity contribution is -0.274. The van der Waals surface area contributed by atoms with E-state index in [-0.39, 0.29) is 18.9 Å². The van der Waals surface area contributed by atoms with Gasteiger partial charge in [0.2, 0.25) is 0 Å². The maximum atomic E-state index is 12.5. The SMILES string of the molecule is Cc1cc(N(CCO)CCO)ccc1N=Nc1ccccc1OC(F)(F)F. The van der Waals surface area contributed by atoms with Crippen LogP contribution in [0.2, 0.25) is 0 Å². The van der Waals surface area contributed by atoms with Gasteiger partial charge in [0.05, 0.1) is 18.9 Å². The molecule has 2 aromatic carbocycles. The number of alkyl halides is 3. The van der Waals surface area contributed by atoms with E-state index < -0.39 is 12.1 Å². The molecule has 0 bridgehead atoms. The van der Waals surface area contributed by atoms with Gasteiger partial charge < -0.3 is 19.8 Å². The number of azo groups is 1. The zero-order valence-electron chi connectivity index (χ0n) is 14.6. The summed E-state index contributed by atoms with van der Waals surface area (Å²) >= 11 is 0. The van der Waals surface area contributed by atoms with E-state index in [1.54, 1.807) is 30.0 Å². The molecule has 0 radical (unpaired) electrons. The monoisotopic (exact) mass is 383 g/mol. The molecule has 2 aromatic rings. The molecule has 0 saturated carbocycles. The van der Waals surface area contributed by atoms with Gasteiger partial charge in [-0.1, -0.05) is 12.1 Å². The number of rotatable bonds is 8. The molecule has 0 saturated heterocycles. The van der Waals surface area contributed by atoms with Crippen molar-refractivity contribution < 1.29 is 28.1 Å². The number of benzene rings is 2. The number of hydrogen-bond donors (Lipinski definition) is 2. The Kier molecular flexibility index (Phi) is 7.14. The first-order chi connectivity index (χ1) is 12.8. The third kappa shape index (κ3) is 6.22. The molecule has 0 heterocycles. The largest absolute Gasteiger partial charge is 0.573 e. The number of halogens is 3. The average molecular weight is 383 g/mol. The van der Waals surface area contributed by atoms with E-state index in [2.05, 4.69) is 15.0 Å². The highest BCUT2D eigenvalue weighted by atomic mass is 19.4. The minimum absolute atomic E-state index is 0.0412. The second-order valence-corrected chi connectivity index (χ2v) is 5.62. The van der Waals surface area contributed by atoms with Gasteiger partial charge >= 0.3 is 6.36 Å². The Morgan fingerprint density at radius 3 is 2.19 bits per heavy atom. The predicted octanol–water partition coefficient (Wildman–Crippen LogP) is 4.10. The summed E-state index contributed by atoms with van der Waals surface area (Å²) in [6, 6.07) is 10.7. The molecular formula is C18H20F3N3O3. The predicted molar refractivity (Wildman–Crippen MR) is 94.9 cm³/mol. The molecule has 2 rings (SSSR count). The molecule has 0 spiro atoms. The van der Waals surface area contributed by atoms with Crippen LogP contribution in [0.4, 0.5) is 30.2 Å². The Balaban J connectivity index is 2.23. The summed E-state index contributed by atoms with van der Waals surface area (Å²) in [6.45, 7) is 2.39. The summed E-state index contributed by atoms with van der Waals surface area (Å²) in [5, 5.41) is 26.1. The first-order valence-electron chi connectivity index (χ1n) is 8.18. The van der Waals surface area contributed by atoms with Crippen molar-refractivity contribution in [2.75, 3.05) is 31.2 Å². The van der Waals surface area contributed by atoms with Crippen LogP contribution < -0.4 is 9.64 Å². The summed E-state index contributed by atoms with van der Waals surface area (Å²) in [5.74, 6) is -0.430. The summed E-state index contributed by atoms with van der Waals surface area (Å²) in [5.41, 5.74) is 1.97. The number of para-hydroxylation sites is 1. The van der Waals surface area contributed by atoms with Crippen LogP contribution in [0.25, 0.3) is 0 Å². The van der Waals surface area contributed by atoms with Gasteiger partial charge in [-0.15, -0.1) is 18.3 Å². The van der Waals surface area contributed by atoms with E-state index in [9.17, 15) is 13.2 Å². The Labute approximate surface area is 154 Å². The first kappa shape index (κ1) is 20.7. The minimum Gasteiger partial charge on any atom is -0.403 e. The van der Waals surface area contributed by atoms with Gasteiger partial charge in [-0.25, -0.2) is 0 Å². The smallest absolute Gasteiger partial charge is 0.403 e. The molecule has 0 aliphatic carbocycles. The van der Waals surface area contributed by atoms with Crippen LogP contribution in [0.5, 0.6) is 5.75 Å². The molecule has 0 aromatic heterocycles. The molecule has 0 aliphatic rings. The van der Waals surface area contributed by atoms with Crippen molar-refractivity contribution >= 4 is 17.1 Å². The second-order valence-electron chi connectivity index (χ2n) is 5.62. The fourth-order valence-corrected chi connectivity index (χ4v) is 2.42. The molecule has 0 aliphatic heterocycles. The van der Waals surface area contributed by atoms with Gasteiger partial charge in [0.1, 0.15) is 5.69 Å². The highest BCUT2D eigenvalue weighted by Crippen LogP contribution is 2.34. The third-order valence-corrected chi connectivity index (χ3v) is 3.64. The zero-order valence-corrected chi connectivity index (χ0v) is 14.6. The topological polar surface area (TPSA) is 77.7 Å². The van der Waals surface area contributed by atoms with Crippen LogP contribution in [0.1, 0.15) is 5.56 Å². The second kappa shape index (κ2) is 9.33. The Bertz CT molecular complexity index is 776. The van der Waals surface area contributed by atoms with Crippen LogP contribution in [0, 0.1) is 6.92 Å². The van der Waals surface area contributed by atoms with Crippen molar-refractivity contribution in [1.82, 2.24) is 0 Å². The maximum absolute atomic E-state index is 12.5. The molecule has 27 heavy (non-hydrogen) atoms. The van der Waals surface area contributed by atoms with Crippen LogP contribution in [0.15, 0.2) is 52.7 Å². The van der Waals surface area contributed by atoms with Crippen LogP contribution in [-0.4, -0.2) is 42.9 Å². The highest BCUT2D eigenvalue weighted by Gasteiger charge is 2.32. The minimum atomic E-state index is -4.81. The highest BCUT2D eigenvalue weighted by molar-refractivity contribution is 5.58. The average Bonchev–Trinajstić information content (AvgIpc) is 2.60. The molecule has 0 unspecified atom stereocenters. The molecule has 0 atom stereocenters. The molecule has 146 valence electrons. The van der Waals surface area contributed by atoms with E-state index in [4.69, 9.17) is 10.2 Å². The van der Waals surface area contributed by atoms with Crippen molar-refractivity contribution in [1.29, 1.82) is 0 Å². The maximum Gasteiger partial charge on any atom is 0.573 e. The summed E-state index contributed by atoms with van der Waals surface area (Å²) in [4.78, 5) is 1.81. The van der Waals surface area contributed by atoms with Crippen molar-refractivity contribution in [2.24, 2.45) is 10.2 Å². The number of aliphatic hydroxyl groups excluding tert-OH is 2. The fraction of sp³-hybridized carbons (Fsp3) is 0.333. The van der Waals surface area contributed by atoms with Gasteiger partial charge in [0.15, 0.2) is 5.75 Å². The van der Waals surface area contributed by atoms with E-state index >= 15 is 0 Å². The van der Waals surface area contributed by atoms with Crippen molar-refractivity contribution in [3.8, 4) is 5.75 Å². The third-order valence-electron chi connectivity index (χ3n) is 3.64. The lowest BCUT2D eigenvalue weighted by Gasteiger charge is -2.23. The standard InChI is InChI=1S/C18H20F3N3O3/c1-13-12-14(24(8-10-25)9-11-26)6-7-15(13)22-23-16-4-2-3-5-17(16)27-18(19,20)21/h2-7,12,25-26H,8-11H2,1H3. The Hall–Kier alpha value is -2.65. The van der Waals surface area contributed by atoms with Gasteiger partial charge in [-0.2, -0.15) is 5.11 Å². The van der Waals surface area contributed by atoms with Gasteiger partial charge in [0.25, 0.3) is 0 Å². The van der Waals surface area contributed by atoms with Gasteiger partial charge in [0, 0.05) is 18.8 Å². The van der Waals surface area contributed by atoms with Crippen molar-refractivity contribution in [3.63, 3.8) is 0 Å². The number of aryl methyl sites for hydroxylation is 1. The lowest BCUT2D eigenvalue weighted by Crippen LogP contribution is -2.29. The molecule has 6 nitrogen and oxygen atoms in total. The number of ether oxygens (including phenoxy) is 1. The van der Waals surface area contributed by atoms with Crippen LogP contribution in [0.3, 0.4) is 0 Å². The Morgan fingerprint density at radius 2 is 1.59 bits per heavy atom. The van der Waals surface area contributed by atoms with Crippen molar-refractivity contribution in [3.05, 3.63) is 48.0 Å². The van der Waals surface area contributed by atoms with Gasteiger partial charge in [-0.3, -0.25) is 0 Å². The molecule has 0 fully saturated rings. The summed E-state index contributed by atoms with van der Waals surface area (Å²) < 4.78 is 41.3. The van der Waals surface area contributed by atoms with Crippen LogP contribution >= 0.6 is 0 Å². The summed E-state index contributed by atoms with van der Waals surface area (Å²) in [7, 11) is 0. The van der Waals surface area contributed by atoms with Crippen molar-refractivity contribution in [2.45, 2.75) is 13.3 Å². The molecular weight excluding hydrogens is 363 g/mol. The first-order valence-corrected chi connectivity index (χ1v) is 8.18. The fourth-order valence-electron chi connectivity index (χ4n) is 2.42. The van der Waals surface area contributed by atoms with E-state index in [0.717, 1.165) is 11.3 Å². The normalized spacial score (nSPS) is 11.8. The van der Waals surface area contributed by atoms with E-state index in [0.29, 0.717) is 18.8 Å². The van der Waals surface area contributed by atoms with Gasteiger partial charge in [-0.05, 0) is 42.8 Å². The number of anilines is 1. The quantitative estimate of drug-likeness (QED) is 0.673. The number of nitrogens with zero attached hydrogens (tertiary/aromatic N) is 3. The molecule has 0 amide bonds. The number of aliphatic hydroxyl groups is 2. The number of hydrogen-bond acceptors (Lipinski definition) is 6. The zero-order chi connectivity index (χ0) is 19.9. The Morgan fingerprint density at radius 1 is 0.963 bits per heavy atom. The lowest BCUT2D eigenvalue weighted by atomic mass is 10.1. The molecule has 9 heteroatoms. The van der Waals surface area contributed by atoms with Crippen LogP contribution in [-0.2, 0) is 0 Å². The van der Waals surface area contributed by atoms with E-state index in [1.807, 2.05) is 0 Å². The summed E-state index contributed by atoms with van der Waals surface area (Å²) in [6.07, 6.45) is -4.81.